The van der Waals surface area contributed by atoms with Crippen molar-refractivity contribution in [2.45, 2.75) is 19.4 Å². The number of nitrogens with one attached hydrogen (secondary N) is 1. The maximum absolute atomic E-state index is 13.4. The van der Waals surface area contributed by atoms with Crippen LogP contribution < -0.4 is 11.1 Å². The first-order chi connectivity index (χ1) is 7.97. The lowest BCUT2D eigenvalue weighted by atomic mass is 10.2. The van der Waals surface area contributed by atoms with E-state index >= 15 is 0 Å². The average molecular weight is 241 g/mol. The third-order valence-corrected chi connectivity index (χ3v) is 2.21. The third kappa shape index (κ3) is 2.97. The van der Waals surface area contributed by atoms with Gasteiger partial charge in [0.05, 0.1) is 11.0 Å². The summed E-state index contributed by atoms with van der Waals surface area (Å²) in [7, 11) is 0. The fourth-order valence-electron chi connectivity index (χ4n) is 1.19. The molecule has 1 rings (SSSR count). The lowest BCUT2D eigenvalue weighted by Crippen LogP contribution is -2.35. The van der Waals surface area contributed by atoms with Gasteiger partial charge in [-0.1, -0.05) is 13.0 Å². The van der Waals surface area contributed by atoms with Gasteiger partial charge in [0.1, 0.15) is 0 Å². The number of nitrogens with two attached hydrogens (primary N) is 1. The molecular weight excluding hydrogens is 229 g/mol. The number of hydrogen-bond acceptors (Lipinski definition) is 4. The summed E-state index contributed by atoms with van der Waals surface area (Å²) >= 11 is 0. The highest BCUT2D eigenvalue weighted by Crippen LogP contribution is 2.26. The zero-order valence-electron chi connectivity index (χ0n) is 9.14. The molecule has 0 radical (unpaired) electrons. The maximum atomic E-state index is 13.4. The summed E-state index contributed by atoms with van der Waals surface area (Å²) in [5.74, 6) is -1.52. The van der Waals surface area contributed by atoms with E-state index in [9.17, 15) is 19.3 Å². The molecule has 1 atom stereocenters. The molecule has 17 heavy (non-hydrogen) atoms. The molecule has 1 aromatic carbocycles. The van der Waals surface area contributed by atoms with Crippen LogP contribution in [0.15, 0.2) is 18.2 Å². The van der Waals surface area contributed by atoms with E-state index in [1.165, 1.54) is 6.07 Å². The van der Waals surface area contributed by atoms with Crippen molar-refractivity contribution >= 4 is 17.3 Å². The summed E-state index contributed by atoms with van der Waals surface area (Å²) in [6.07, 6.45) is 0.355. The number of benzene rings is 1. The molecule has 0 aliphatic heterocycles. The van der Waals surface area contributed by atoms with Crippen LogP contribution in [0.3, 0.4) is 0 Å². The van der Waals surface area contributed by atoms with Crippen molar-refractivity contribution in [1.82, 2.24) is 0 Å². The van der Waals surface area contributed by atoms with E-state index in [1.54, 1.807) is 6.92 Å². The Kier molecular flexibility index (Phi) is 4.11. The van der Waals surface area contributed by atoms with Gasteiger partial charge in [-0.05, 0) is 12.5 Å². The Labute approximate surface area is 96.8 Å². The molecule has 1 amide bonds. The summed E-state index contributed by atoms with van der Waals surface area (Å²) in [4.78, 5) is 21.3. The van der Waals surface area contributed by atoms with Crippen LogP contribution in [-0.4, -0.2) is 16.9 Å². The molecule has 0 aliphatic rings. The van der Waals surface area contributed by atoms with E-state index in [-0.39, 0.29) is 0 Å². The first-order valence-corrected chi connectivity index (χ1v) is 4.96. The minimum absolute atomic E-state index is 0.355. The highest BCUT2D eigenvalue weighted by molar-refractivity contribution is 5.96. The van der Waals surface area contributed by atoms with Crippen molar-refractivity contribution in [2.24, 2.45) is 5.73 Å². The Bertz CT molecular complexity index is 450. The molecule has 0 heterocycles. The topological polar surface area (TPSA) is 98.3 Å². The predicted molar refractivity (Wildman–Crippen MR) is 60.0 cm³/mol. The van der Waals surface area contributed by atoms with Gasteiger partial charge in [-0.2, -0.15) is 0 Å². The normalized spacial score (nSPS) is 11.9. The van der Waals surface area contributed by atoms with Crippen LogP contribution >= 0.6 is 0 Å². The second-order valence-electron chi connectivity index (χ2n) is 3.40. The number of anilines is 1. The number of halogens is 1. The predicted octanol–water partition coefficient (Wildman–Crippen LogP) is 1.41. The first-order valence-electron chi connectivity index (χ1n) is 4.96. The van der Waals surface area contributed by atoms with Gasteiger partial charge >= 0.3 is 0 Å². The molecule has 0 saturated carbocycles. The number of nitro groups is 1. The molecule has 3 N–H and O–H groups in total. The fraction of sp³-hybridized carbons (Fsp3) is 0.300. The Morgan fingerprint density at radius 2 is 2.29 bits per heavy atom. The number of hydrogen-bond donors (Lipinski definition) is 2. The quantitative estimate of drug-likeness (QED) is 0.615. The molecule has 0 fully saturated rings. The number of carbonyl (C=O) groups excluding carboxylic acids is 1. The summed E-state index contributed by atoms with van der Waals surface area (Å²) in [6.45, 7) is 1.68. The van der Waals surface area contributed by atoms with Crippen molar-refractivity contribution in [1.29, 1.82) is 0 Å². The van der Waals surface area contributed by atoms with E-state index < -0.39 is 34.1 Å². The van der Waals surface area contributed by atoms with Crippen LogP contribution in [-0.2, 0) is 4.79 Å². The van der Waals surface area contributed by atoms with Gasteiger partial charge in [-0.3, -0.25) is 14.9 Å². The largest absolute Gasteiger partial charge is 0.320 e. The van der Waals surface area contributed by atoms with Gasteiger partial charge < -0.3 is 11.1 Å². The summed E-state index contributed by atoms with van der Waals surface area (Å²) in [5, 5.41) is 12.8. The van der Waals surface area contributed by atoms with Gasteiger partial charge in [0.15, 0.2) is 11.5 Å². The van der Waals surface area contributed by atoms with Gasteiger partial charge in [0, 0.05) is 6.07 Å². The number of nitrogens with zero attached hydrogens (tertiary/aromatic N) is 1. The van der Waals surface area contributed by atoms with E-state index in [0.29, 0.717) is 6.42 Å². The van der Waals surface area contributed by atoms with Gasteiger partial charge in [0.2, 0.25) is 5.91 Å². The maximum Gasteiger partial charge on any atom is 0.295 e. The van der Waals surface area contributed by atoms with Crippen molar-refractivity contribution in [2.75, 3.05) is 5.32 Å². The van der Waals surface area contributed by atoms with Crippen LogP contribution in [0, 0.1) is 15.9 Å². The van der Waals surface area contributed by atoms with Crippen LogP contribution in [0.4, 0.5) is 15.8 Å². The highest BCUT2D eigenvalue weighted by Gasteiger charge is 2.21. The molecule has 0 bridgehead atoms. The molecule has 1 aromatic rings. The van der Waals surface area contributed by atoms with Crippen LogP contribution in [0.1, 0.15) is 13.3 Å². The Morgan fingerprint density at radius 1 is 1.65 bits per heavy atom. The van der Waals surface area contributed by atoms with Crippen molar-refractivity contribution < 1.29 is 14.1 Å². The smallest absolute Gasteiger partial charge is 0.295 e. The monoisotopic (exact) mass is 241 g/mol. The minimum Gasteiger partial charge on any atom is -0.320 e. The van der Waals surface area contributed by atoms with Crippen LogP contribution in [0.5, 0.6) is 0 Å². The van der Waals surface area contributed by atoms with Crippen LogP contribution in [0.2, 0.25) is 0 Å². The second kappa shape index (κ2) is 5.35. The van der Waals surface area contributed by atoms with Gasteiger partial charge in [-0.15, -0.1) is 0 Å². The lowest BCUT2D eigenvalue weighted by Gasteiger charge is -2.10. The third-order valence-electron chi connectivity index (χ3n) is 2.21. The van der Waals surface area contributed by atoms with Gasteiger partial charge in [0.25, 0.3) is 5.69 Å². The molecule has 92 valence electrons. The lowest BCUT2D eigenvalue weighted by molar-refractivity contribution is -0.384. The van der Waals surface area contributed by atoms with E-state index in [1.807, 2.05) is 0 Å². The molecule has 0 aliphatic carbocycles. The number of para-hydroxylation sites is 1. The minimum atomic E-state index is -0.865. The Morgan fingerprint density at radius 3 is 2.82 bits per heavy atom. The first kappa shape index (κ1) is 13.0. The fourth-order valence-corrected chi connectivity index (χ4v) is 1.19. The zero-order chi connectivity index (χ0) is 13.0. The zero-order valence-corrected chi connectivity index (χ0v) is 9.14. The van der Waals surface area contributed by atoms with Crippen LogP contribution in [0.25, 0.3) is 0 Å². The van der Waals surface area contributed by atoms with E-state index in [4.69, 9.17) is 5.73 Å². The highest BCUT2D eigenvalue weighted by atomic mass is 19.1. The molecule has 0 spiro atoms. The van der Waals surface area contributed by atoms with Crippen molar-refractivity contribution in [3.63, 3.8) is 0 Å². The summed E-state index contributed by atoms with van der Waals surface area (Å²) in [6, 6.07) is 2.51. The molecule has 6 nitrogen and oxygen atoms in total. The standard InChI is InChI=1S/C10H12FN3O3/c1-2-7(12)10(15)13-9-6(11)4-3-5-8(9)14(16)17/h3-5,7H,2,12H2,1H3,(H,13,15). The van der Waals surface area contributed by atoms with E-state index in [2.05, 4.69) is 5.32 Å². The average Bonchev–Trinajstić information content (AvgIpc) is 2.30. The van der Waals surface area contributed by atoms with Gasteiger partial charge in [-0.25, -0.2) is 4.39 Å². The molecule has 0 saturated heterocycles. The number of amides is 1. The van der Waals surface area contributed by atoms with Crippen molar-refractivity contribution in [3.05, 3.63) is 34.1 Å². The SMILES string of the molecule is CCC(N)C(=O)Nc1c(F)cccc1[N+](=O)[O-]. The molecular formula is C10H12FN3O3. The van der Waals surface area contributed by atoms with Crippen molar-refractivity contribution in [3.8, 4) is 0 Å². The van der Waals surface area contributed by atoms with E-state index in [0.717, 1.165) is 12.1 Å². The summed E-state index contributed by atoms with van der Waals surface area (Å²) in [5.41, 5.74) is 4.49. The molecule has 0 aromatic heterocycles. The number of carbonyl (C=O) groups is 1. The number of rotatable bonds is 4. The number of nitro benzene ring substituents is 1. The Balaban J connectivity index is 3.05. The summed E-state index contributed by atoms with van der Waals surface area (Å²) < 4.78 is 13.4. The molecule has 1 unspecified atom stereocenters. The second-order valence-corrected chi connectivity index (χ2v) is 3.40. The molecule has 7 heteroatoms. The Hall–Kier alpha value is -2.02.